The fourth-order valence-corrected chi connectivity index (χ4v) is 1.24. The average Bonchev–Trinajstić information content (AvgIpc) is 2.11. The largest absolute Gasteiger partial charge is 0.380 e. The van der Waals surface area contributed by atoms with Gasteiger partial charge in [-0.1, -0.05) is 20.8 Å². The van der Waals surface area contributed by atoms with Crippen LogP contribution in [0.25, 0.3) is 0 Å². The molecule has 0 saturated heterocycles. The summed E-state index contributed by atoms with van der Waals surface area (Å²) < 4.78 is 0.494. The summed E-state index contributed by atoms with van der Waals surface area (Å²) in [7, 11) is 0. The third-order valence-corrected chi connectivity index (χ3v) is 3.25. The first kappa shape index (κ1) is 12.2. The van der Waals surface area contributed by atoms with Gasteiger partial charge in [0.1, 0.15) is 4.47 Å². The van der Waals surface area contributed by atoms with Crippen molar-refractivity contribution in [2.75, 3.05) is 5.32 Å². The maximum Gasteiger partial charge on any atom is 0.280 e. The molecule has 0 saturated carbocycles. The lowest BCUT2D eigenvalue weighted by Gasteiger charge is -2.29. The van der Waals surface area contributed by atoms with Gasteiger partial charge >= 0.3 is 0 Å². The van der Waals surface area contributed by atoms with Crippen LogP contribution in [0.1, 0.15) is 27.7 Å². The Bertz CT molecular complexity index is 394. The van der Waals surface area contributed by atoms with Gasteiger partial charge in [0, 0.05) is 6.04 Å². The van der Waals surface area contributed by atoms with E-state index >= 15 is 0 Å². The van der Waals surface area contributed by atoms with E-state index in [1.165, 1.54) is 0 Å². The summed E-state index contributed by atoms with van der Waals surface area (Å²) in [5.41, 5.74) is 0.629. The van der Waals surface area contributed by atoms with Crippen LogP contribution in [0.2, 0.25) is 0 Å². The molecule has 0 aliphatic carbocycles. The summed E-state index contributed by atoms with van der Waals surface area (Å²) in [4.78, 5) is 11.3. The number of H-pyrrole nitrogens is 1. The van der Waals surface area contributed by atoms with Crippen molar-refractivity contribution in [1.82, 2.24) is 10.2 Å². The molecule has 0 bridgehead atoms. The molecule has 4 nitrogen and oxygen atoms in total. The number of aromatic nitrogens is 2. The predicted octanol–water partition coefficient (Wildman–Crippen LogP) is 2.38. The van der Waals surface area contributed by atoms with E-state index in [0.717, 1.165) is 5.69 Å². The monoisotopic (exact) mass is 273 g/mol. The standard InChI is InChI=1S/C10H16BrN3O/c1-6(10(2,3)4)13-7-5-12-14-9(15)8(7)11/h5-6H,1-4H3,(H2,13,14,15). The van der Waals surface area contributed by atoms with Crippen molar-refractivity contribution in [3.05, 3.63) is 21.0 Å². The molecule has 1 unspecified atom stereocenters. The van der Waals surface area contributed by atoms with Crippen LogP contribution in [0.15, 0.2) is 15.5 Å². The third-order valence-electron chi connectivity index (χ3n) is 2.47. The molecule has 1 rings (SSSR count). The molecule has 0 amide bonds. The van der Waals surface area contributed by atoms with Crippen molar-refractivity contribution in [3.8, 4) is 0 Å². The van der Waals surface area contributed by atoms with Crippen LogP contribution in [-0.4, -0.2) is 16.2 Å². The molecular formula is C10H16BrN3O. The lowest BCUT2D eigenvalue weighted by Crippen LogP contribution is -2.31. The number of halogens is 1. The van der Waals surface area contributed by atoms with E-state index in [1.54, 1.807) is 6.20 Å². The zero-order valence-corrected chi connectivity index (χ0v) is 11.0. The van der Waals surface area contributed by atoms with Gasteiger partial charge in [0.15, 0.2) is 0 Å². The first-order chi connectivity index (χ1) is 6.82. The van der Waals surface area contributed by atoms with E-state index in [0.29, 0.717) is 4.47 Å². The second kappa shape index (κ2) is 4.35. The predicted molar refractivity (Wildman–Crippen MR) is 65.1 cm³/mol. The van der Waals surface area contributed by atoms with E-state index < -0.39 is 0 Å². The molecule has 0 aromatic carbocycles. The minimum atomic E-state index is -0.221. The fraction of sp³-hybridized carbons (Fsp3) is 0.600. The Morgan fingerprint density at radius 1 is 1.53 bits per heavy atom. The average molecular weight is 274 g/mol. The maximum atomic E-state index is 11.3. The highest BCUT2D eigenvalue weighted by molar-refractivity contribution is 9.10. The lowest BCUT2D eigenvalue weighted by atomic mass is 9.88. The summed E-state index contributed by atoms with van der Waals surface area (Å²) in [6, 6.07) is 0.248. The Balaban J connectivity index is 2.91. The Morgan fingerprint density at radius 2 is 2.13 bits per heavy atom. The van der Waals surface area contributed by atoms with Crippen LogP contribution >= 0.6 is 15.9 Å². The molecule has 0 fully saturated rings. The van der Waals surface area contributed by atoms with Gasteiger partial charge in [0.05, 0.1) is 11.9 Å². The van der Waals surface area contributed by atoms with Crippen LogP contribution in [0.5, 0.6) is 0 Å². The van der Waals surface area contributed by atoms with Crippen LogP contribution in [0, 0.1) is 5.41 Å². The molecule has 5 heteroatoms. The van der Waals surface area contributed by atoms with E-state index in [1.807, 2.05) is 0 Å². The molecule has 1 atom stereocenters. The maximum absolute atomic E-state index is 11.3. The van der Waals surface area contributed by atoms with Gasteiger partial charge < -0.3 is 5.32 Å². The summed E-state index contributed by atoms with van der Waals surface area (Å²) in [5, 5.41) is 9.37. The van der Waals surface area contributed by atoms with E-state index in [2.05, 4.69) is 59.1 Å². The molecule has 0 spiro atoms. The molecular weight excluding hydrogens is 258 g/mol. The summed E-state index contributed by atoms with van der Waals surface area (Å²) in [6.07, 6.45) is 1.60. The number of nitrogens with one attached hydrogen (secondary N) is 2. The molecule has 0 aliphatic rings. The molecule has 15 heavy (non-hydrogen) atoms. The van der Waals surface area contributed by atoms with Gasteiger partial charge in [0.2, 0.25) is 0 Å². The van der Waals surface area contributed by atoms with Crippen LogP contribution in [-0.2, 0) is 0 Å². The van der Waals surface area contributed by atoms with Gasteiger partial charge in [0.25, 0.3) is 5.56 Å². The summed E-state index contributed by atoms with van der Waals surface area (Å²) in [5.74, 6) is 0. The Kier molecular flexibility index (Phi) is 3.54. The number of aromatic amines is 1. The Hall–Kier alpha value is -0.840. The highest BCUT2D eigenvalue weighted by Crippen LogP contribution is 2.24. The van der Waals surface area contributed by atoms with Gasteiger partial charge in [-0.2, -0.15) is 5.10 Å². The number of hydrogen-bond donors (Lipinski definition) is 2. The molecule has 1 aromatic heterocycles. The molecule has 1 aromatic rings. The highest BCUT2D eigenvalue weighted by Gasteiger charge is 2.20. The van der Waals surface area contributed by atoms with Crippen molar-refractivity contribution in [1.29, 1.82) is 0 Å². The van der Waals surface area contributed by atoms with Crippen LogP contribution in [0.3, 0.4) is 0 Å². The van der Waals surface area contributed by atoms with E-state index in [-0.39, 0.29) is 17.0 Å². The number of hydrogen-bond acceptors (Lipinski definition) is 3. The number of rotatable bonds is 2. The zero-order valence-electron chi connectivity index (χ0n) is 9.39. The molecule has 1 heterocycles. The first-order valence-corrected chi connectivity index (χ1v) is 5.61. The van der Waals surface area contributed by atoms with Gasteiger partial charge in [-0.3, -0.25) is 4.79 Å². The van der Waals surface area contributed by atoms with Gasteiger partial charge in [-0.25, -0.2) is 5.10 Å². The second-order valence-electron chi connectivity index (χ2n) is 4.66. The number of nitrogens with zero attached hydrogens (tertiary/aromatic N) is 1. The lowest BCUT2D eigenvalue weighted by molar-refractivity contribution is 0.359. The summed E-state index contributed by atoms with van der Waals surface area (Å²) >= 11 is 3.23. The zero-order chi connectivity index (χ0) is 11.6. The SMILES string of the molecule is CC(Nc1cn[nH]c(=O)c1Br)C(C)(C)C. The van der Waals surface area contributed by atoms with E-state index in [9.17, 15) is 4.79 Å². The smallest absolute Gasteiger partial charge is 0.280 e. The molecule has 0 radical (unpaired) electrons. The van der Waals surface area contributed by atoms with Gasteiger partial charge in [-0.15, -0.1) is 0 Å². The second-order valence-corrected chi connectivity index (χ2v) is 5.45. The molecule has 84 valence electrons. The van der Waals surface area contributed by atoms with Crippen molar-refractivity contribution < 1.29 is 0 Å². The van der Waals surface area contributed by atoms with E-state index in [4.69, 9.17) is 0 Å². The van der Waals surface area contributed by atoms with Gasteiger partial charge in [-0.05, 0) is 28.3 Å². The van der Waals surface area contributed by atoms with Crippen molar-refractivity contribution in [2.45, 2.75) is 33.7 Å². The minimum absolute atomic E-state index is 0.127. The van der Waals surface area contributed by atoms with Crippen molar-refractivity contribution >= 4 is 21.6 Å². The topological polar surface area (TPSA) is 57.8 Å². The van der Waals surface area contributed by atoms with Crippen LogP contribution in [0.4, 0.5) is 5.69 Å². The normalized spacial score (nSPS) is 13.7. The highest BCUT2D eigenvalue weighted by atomic mass is 79.9. The summed E-state index contributed by atoms with van der Waals surface area (Å²) in [6.45, 7) is 8.49. The number of anilines is 1. The Morgan fingerprint density at radius 3 is 2.67 bits per heavy atom. The minimum Gasteiger partial charge on any atom is -0.380 e. The third kappa shape index (κ3) is 3.06. The van der Waals surface area contributed by atoms with Crippen LogP contribution < -0.4 is 10.9 Å². The van der Waals surface area contributed by atoms with Crippen molar-refractivity contribution in [3.63, 3.8) is 0 Å². The first-order valence-electron chi connectivity index (χ1n) is 4.82. The quantitative estimate of drug-likeness (QED) is 0.870. The Labute approximate surface area is 97.6 Å². The molecule has 2 N–H and O–H groups in total. The fourth-order valence-electron chi connectivity index (χ4n) is 0.934. The van der Waals surface area contributed by atoms with Crippen molar-refractivity contribution in [2.24, 2.45) is 5.41 Å². The molecule has 0 aliphatic heterocycles.